The van der Waals surface area contributed by atoms with E-state index >= 15 is 0 Å². The van der Waals surface area contributed by atoms with E-state index < -0.39 is 0 Å². The zero-order valence-electron chi connectivity index (χ0n) is 14.6. The molecule has 0 saturated heterocycles. The van der Waals surface area contributed by atoms with Crippen LogP contribution in [0.3, 0.4) is 0 Å². The summed E-state index contributed by atoms with van der Waals surface area (Å²) < 4.78 is 11.1. The van der Waals surface area contributed by atoms with Gasteiger partial charge in [0.1, 0.15) is 0 Å². The molecule has 2 nitrogen and oxygen atoms in total. The molecule has 0 radical (unpaired) electrons. The Labute approximate surface area is 161 Å². The van der Waals surface area contributed by atoms with E-state index in [0.29, 0.717) is 0 Å². The van der Waals surface area contributed by atoms with E-state index in [-0.39, 0.29) is 0 Å². The van der Waals surface area contributed by atoms with Gasteiger partial charge in [0, 0.05) is 32.0 Å². The first-order valence-electron chi connectivity index (χ1n) is 8.21. The van der Waals surface area contributed by atoms with E-state index in [0.717, 1.165) is 33.4 Å². The van der Waals surface area contributed by atoms with E-state index in [4.69, 9.17) is 8.83 Å². The first-order chi connectivity index (χ1) is 12.8. The van der Waals surface area contributed by atoms with Gasteiger partial charge in [-0.25, -0.2) is 0 Å². The Kier molecular flexibility index (Phi) is 4.96. The van der Waals surface area contributed by atoms with Crippen LogP contribution >= 0.6 is 23.5 Å². The van der Waals surface area contributed by atoms with Gasteiger partial charge in [0.25, 0.3) is 0 Å². The number of benzene rings is 2. The summed E-state index contributed by atoms with van der Waals surface area (Å²) in [6.45, 7) is 0. The van der Waals surface area contributed by atoms with E-state index in [9.17, 15) is 0 Å². The average molecular weight is 379 g/mol. The van der Waals surface area contributed by atoms with Gasteiger partial charge in [-0.15, -0.1) is 23.5 Å². The van der Waals surface area contributed by atoms with Crippen LogP contribution in [-0.4, -0.2) is 12.5 Å². The third-order valence-corrected chi connectivity index (χ3v) is 5.90. The van der Waals surface area contributed by atoms with Gasteiger partial charge in [0.15, 0.2) is 0 Å². The number of rotatable bonds is 5. The maximum absolute atomic E-state index is 5.56. The van der Waals surface area contributed by atoms with Gasteiger partial charge in [-0.3, -0.25) is 0 Å². The van der Waals surface area contributed by atoms with Crippen LogP contribution in [0.1, 0.15) is 0 Å². The SMILES string of the molecule is CSc1ccc(-c2cocc2-c2cocc2-c2ccc(SC)cc2)cc1. The van der Waals surface area contributed by atoms with Crippen LogP contribution in [0.25, 0.3) is 33.4 Å². The molecular weight excluding hydrogens is 360 g/mol. The molecule has 2 heterocycles. The Bertz CT molecular complexity index is 912. The van der Waals surface area contributed by atoms with Crippen molar-refractivity contribution in [2.75, 3.05) is 12.5 Å². The fraction of sp³-hybridized carbons (Fsp3) is 0.0909. The summed E-state index contributed by atoms with van der Waals surface area (Å²) in [6.07, 6.45) is 11.4. The van der Waals surface area contributed by atoms with Crippen molar-refractivity contribution in [3.8, 4) is 33.4 Å². The molecule has 130 valence electrons. The fourth-order valence-corrected chi connectivity index (χ4v) is 3.82. The Morgan fingerprint density at radius 3 is 1.19 bits per heavy atom. The standard InChI is InChI=1S/C22H18O2S2/c1-25-17-7-3-15(4-8-17)19-11-23-13-21(19)22-14-24-12-20(22)16-5-9-18(26-2)10-6-16/h3-14H,1-2H3. The van der Waals surface area contributed by atoms with E-state index in [1.54, 1.807) is 48.6 Å². The van der Waals surface area contributed by atoms with Crippen molar-refractivity contribution >= 4 is 23.5 Å². The Balaban J connectivity index is 1.75. The third-order valence-electron chi connectivity index (χ3n) is 4.42. The predicted octanol–water partition coefficient (Wildman–Crippen LogP) is 7.32. The molecule has 0 fully saturated rings. The third kappa shape index (κ3) is 3.22. The Morgan fingerprint density at radius 2 is 0.846 bits per heavy atom. The first-order valence-corrected chi connectivity index (χ1v) is 10.7. The second-order valence-corrected chi connectivity index (χ2v) is 7.61. The van der Waals surface area contributed by atoms with Gasteiger partial charge in [0.05, 0.1) is 25.1 Å². The molecule has 4 heteroatoms. The average Bonchev–Trinajstić information content (AvgIpc) is 3.37. The van der Waals surface area contributed by atoms with Crippen LogP contribution in [0, 0.1) is 0 Å². The second-order valence-electron chi connectivity index (χ2n) is 5.86. The highest BCUT2D eigenvalue weighted by Gasteiger charge is 2.16. The minimum Gasteiger partial charge on any atom is -0.471 e. The molecule has 2 aromatic heterocycles. The summed E-state index contributed by atoms with van der Waals surface area (Å²) in [7, 11) is 0. The summed E-state index contributed by atoms with van der Waals surface area (Å²) in [5.74, 6) is 0. The molecule has 0 aliphatic heterocycles. The topological polar surface area (TPSA) is 26.3 Å². The van der Waals surface area contributed by atoms with Crippen molar-refractivity contribution in [2.45, 2.75) is 9.79 Å². The molecule has 0 aliphatic rings. The lowest BCUT2D eigenvalue weighted by molar-refractivity contribution is 0.565. The molecule has 4 aromatic rings. The van der Waals surface area contributed by atoms with Crippen molar-refractivity contribution in [3.63, 3.8) is 0 Å². The molecule has 0 amide bonds. The lowest BCUT2D eigenvalue weighted by atomic mass is 9.95. The fourth-order valence-electron chi connectivity index (χ4n) is 3.00. The number of hydrogen-bond acceptors (Lipinski definition) is 4. The molecular formula is C22H18O2S2. The molecule has 0 N–H and O–H groups in total. The summed E-state index contributed by atoms with van der Waals surface area (Å²) in [4.78, 5) is 2.49. The largest absolute Gasteiger partial charge is 0.471 e. The second kappa shape index (κ2) is 7.52. The number of thioether (sulfide) groups is 2. The highest BCUT2D eigenvalue weighted by molar-refractivity contribution is 7.98. The summed E-state index contributed by atoms with van der Waals surface area (Å²) >= 11 is 3.48. The smallest absolute Gasteiger partial charge is 0.0988 e. The maximum atomic E-state index is 5.56. The number of hydrogen-bond donors (Lipinski definition) is 0. The molecule has 0 unspecified atom stereocenters. The molecule has 4 rings (SSSR count). The van der Waals surface area contributed by atoms with Gasteiger partial charge in [-0.1, -0.05) is 24.3 Å². The molecule has 2 aromatic carbocycles. The van der Waals surface area contributed by atoms with E-state index in [1.807, 2.05) is 0 Å². The zero-order valence-corrected chi connectivity index (χ0v) is 16.2. The summed E-state index contributed by atoms with van der Waals surface area (Å²) in [5, 5.41) is 0. The van der Waals surface area contributed by atoms with Gasteiger partial charge < -0.3 is 8.83 Å². The first kappa shape index (κ1) is 17.1. The highest BCUT2D eigenvalue weighted by Crippen LogP contribution is 2.40. The van der Waals surface area contributed by atoms with Crippen LogP contribution in [0.5, 0.6) is 0 Å². The van der Waals surface area contributed by atoms with Gasteiger partial charge >= 0.3 is 0 Å². The monoisotopic (exact) mass is 378 g/mol. The number of furan rings is 2. The van der Waals surface area contributed by atoms with Crippen molar-refractivity contribution < 1.29 is 8.83 Å². The minimum absolute atomic E-state index is 1.04. The van der Waals surface area contributed by atoms with Gasteiger partial charge in [0.2, 0.25) is 0 Å². The van der Waals surface area contributed by atoms with E-state index in [2.05, 4.69) is 61.0 Å². The zero-order chi connectivity index (χ0) is 17.9. The maximum Gasteiger partial charge on any atom is 0.0988 e. The minimum atomic E-state index is 1.04. The van der Waals surface area contributed by atoms with Crippen LogP contribution in [0.2, 0.25) is 0 Å². The van der Waals surface area contributed by atoms with Crippen molar-refractivity contribution in [2.24, 2.45) is 0 Å². The molecule has 0 spiro atoms. The highest BCUT2D eigenvalue weighted by atomic mass is 32.2. The summed E-state index contributed by atoms with van der Waals surface area (Å²) in [5.41, 5.74) is 6.49. The lowest BCUT2D eigenvalue weighted by Gasteiger charge is -2.06. The quantitative estimate of drug-likeness (QED) is 0.340. The van der Waals surface area contributed by atoms with Crippen LogP contribution in [0.15, 0.2) is 92.2 Å². The molecule has 0 aliphatic carbocycles. The molecule has 0 saturated carbocycles. The molecule has 0 atom stereocenters. The van der Waals surface area contributed by atoms with Crippen molar-refractivity contribution in [1.29, 1.82) is 0 Å². The normalized spacial score (nSPS) is 11.0. The van der Waals surface area contributed by atoms with Crippen LogP contribution in [-0.2, 0) is 0 Å². The van der Waals surface area contributed by atoms with Gasteiger partial charge in [-0.2, -0.15) is 0 Å². The van der Waals surface area contributed by atoms with E-state index in [1.165, 1.54) is 9.79 Å². The lowest BCUT2D eigenvalue weighted by Crippen LogP contribution is -1.83. The molecule has 0 bridgehead atoms. The van der Waals surface area contributed by atoms with Crippen LogP contribution < -0.4 is 0 Å². The summed E-state index contributed by atoms with van der Waals surface area (Å²) in [6, 6.07) is 17.1. The Hall–Kier alpha value is -2.30. The van der Waals surface area contributed by atoms with Crippen LogP contribution in [0.4, 0.5) is 0 Å². The Morgan fingerprint density at radius 1 is 0.500 bits per heavy atom. The molecule has 26 heavy (non-hydrogen) atoms. The van der Waals surface area contributed by atoms with Gasteiger partial charge in [-0.05, 0) is 47.9 Å². The van der Waals surface area contributed by atoms with Crippen molar-refractivity contribution in [1.82, 2.24) is 0 Å². The van der Waals surface area contributed by atoms with Crippen molar-refractivity contribution in [3.05, 3.63) is 73.6 Å². The predicted molar refractivity (Wildman–Crippen MR) is 111 cm³/mol.